The van der Waals surface area contributed by atoms with Crippen molar-refractivity contribution in [2.45, 2.75) is 34.2 Å². The molecule has 1 aromatic carbocycles. The van der Waals surface area contributed by atoms with Crippen LogP contribution in [0.25, 0.3) is 0 Å². The maximum absolute atomic E-state index is 6.36. The molecule has 0 saturated carbocycles. The summed E-state index contributed by atoms with van der Waals surface area (Å²) in [4.78, 5) is 2.47. The molecular formula is C16H27ClN2. The van der Waals surface area contributed by atoms with E-state index in [1.165, 1.54) is 11.3 Å². The van der Waals surface area contributed by atoms with Gasteiger partial charge >= 0.3 is 0 Å². The third kappa shape index (κ3) is 5.04. The lowest BCUT2D eigenvalue weighted by Crippen LogP contribution is -2.32. The van der Waals surface area contributed by atoms with Gasteiger partial charge in [0.1, 0.15) is 0 Å². The first-order valence-corrected chi connectivity index (χ1v) is 7.50. The third-order valence-electron chi connectivity index (χ3n) is 2.96. The number of rotatable bonds is 7. The van der Waals surface area contributed by atoms with Gasteiger partial charge in [0.25, 0.3) is 0 Å². The van der Waals surface area contributed by atoms with Crippen LogP contribution in [0.2, 0.25) is 5.02 Å². The topological polar surface area (TPSA) is 15.3 Å². The average molecular weight is 283 g/mol. The molecule has 0 spiro atoms. The first kappa shape index (κ1) is 16.3. The van der Waals surface area contributed by atoms with Gasteiger partial charge in [-0.3, -0.25) is 0 Å². The smallest absolute Gasteiger partial charge is 0.0471 e. The molecule has 3 heteroatoms. The summed E-state index contributed by atoms with van der Waals surface area (Å²) in [5.74, 6) is 1.28. The number of hydrogen-bond acceptors (Lipinski definition) is 2. The largest absolute Gasteiger partial charge is 0.371 e. The summed E-state index contributed by atoms with van der Waals surface area (Å²) in [7, 11) is 1.96. The molecule has 19 heavy (non-hydrogen) atoms. The molecule has 1 rings (SSSR count). The van der Waals surface area contributed by atoms with Crippen LogP contribution < -0.4 is 10.2 Å². The third-order valence-corrected chi connectivity index (χ3v) is 3.31. The normalized spacial score (nSPS) is 11.4. The fourth-order valence-corrected chi connectivity index (χ4v) is 2.58. The maximum Gasteiger partial charge on any atom is 0.0471 e. The fraction of sp³-hybridized carbons (Fsp3) is 0.625. The van der Waals surface area contributed by atoms with Crippen LogP contribution in [0.5, 0.6) is 0 Å². The Hall–Kier alpha value is -0.730. The van der Waals surface area contributed by atoms with Crippen molar-refractivity contribution in [1.29, 1.82) is 0 Å². The predicted octanol–water partition coefficient (Wildman–Crippen LogP) is 4.18. The minimum Gasteiger partial charge on any atom is -0.371 e. The SMILES string of the molecule is CNCc1c(Cl)cccc1N(CC(C)C)CC(C)C. The van der Waals surface area contributed by atoms with Gasteiger partial charge in [0.05, 0.1) is 0 Å². The van der Waals surface area contributed by atoms with Crippen LogP contribution >= 0.6 is 11.6 Å². The number of halogens is 1. The molecule has 0 amide bonds. The number of nitrogens with zero attached hydrogens (tertiary/aromatic N) is 1. The van der Waals surface area contributed by atoms with Crippen LogP contribution in [0.3, 0.4) is 0 Å². The zero-order valence-corrected chi connectivity index (χ0v) is 13.6. The van der Waals surface area contributed by atoms with Crippen LogP contribution in [-0.4, -0.2) is 20.1 Å². The summed E-state index contributed by atoms with van der Waals surface area (Å²) in [6.45, 7) is 12.0. The minimum atomic E-state index is 0.639. The molecule has 0 aliphatic rings. The van der Waals surface area contributed by atoms with Gasteiger partial charge < -0.3 is 10.2 Å². The van der Waals surface area contributed by atoms with E-state index >= 15 is 0 Å². The highest BCUT2D eigenvalue weighted by molar-refractivity contribution is 6.31. The second-order valence-electron chi connectivity index (χ2n) is 5.96. The van der Waals surface area contributed by atoms with Gasteiger partial charge in [0.2, 0.25) is 0 Å². The molecule has 2 nitrogen and oxygen atoms in total. The van der Waals surface area contributed by atoms with Gasteiger partial charge in [0, 0.05) is 35.9 Å². The Labute approximate surface area is 123 Å². The van der Waals surface area contributed by atoms with Crippen molar-refractivity contribution >= 4 is 17.3 Å². The molecule has 0 radical (unpaired) electrons. The summed E-state index contributed by atoms with van der Waals surface area (Å²) >= 11 is 6.36. The summed E-state index contributed by atoms with van der Waals surface area (Å²) in [6.07, 6.45) is 0. The molecule has 1 aromatic rings. The second kappa shape index (κ2) is 7.76. The van der Waals surface area contributed by atoms with E-state index in [0.29, 0.717) is 11.8 Å². The van der Waals surface area contributed by atoms with Crippen molar-refractivity contribution < 1.29 is 0 Å². The molecule has 0 unspecified atom stereocenters. The van der Waals surface area contributed by atoms with Gasteiger partial charge in [-0.15, -0.1) is 0 Å². The van der Waals surface area contributed by atoms with Crippen molar-refractivity contribution in [2.75, 3.05) is 25.0 Å². The monoisotopic (exact) mass is 282 g/mol. The lowest BCUT2D eigenvalue weighted by Gasteiger charge is -2.30. The molecule has 108 valence electrons. The van der Waals surface area contributed by atoms with Crippen LogP contribution in [-0.2, 0) is 6.54 Å². The summed E-state index contributed by atoms with van der Waals surface area (Å²) in [5, 5.41) is 4.07. The molecule has 0 saturated heterocycles. The van der Waals surface area contributed by atoms with Crippen LogP contribution in [0.1, 0.15) is 33.3 Å². The van der Waals surface area contributed by atoms with E-state index in [1.807, 2.05) is 19.2 Å². The summed E-state index contributed by atoms with van der Waals surface area (Å²) in [6, 6.07) is 6.20. The van der Waals surface area contributed by atoms with E-state index < -0.39 is 0 Å². The Morgan fingerprint density at radius 3 is 2.16 bits per heavy atom. The number of anilines is 1. The van der Waals surface area contributed by atoms with Gasteiger partial charge in [-0.2, -0.15) is 0 Å². The van der Waals surface area contributed by atoms with Crippen molar-refractivity contribution in [3.8, 4) is 0 Å². The van der Waals surface area contributed by atoms with Crippen molar-refractivity contribution in [1.82, 2.24) is 5.32 Å². The Morgan fingerprint density at radius 2 is 1.68 bits per heavy atom. The van der Waals surface area contributed by atoms with Gasteiger partial charge in [0.15, 0.2) is 0 Å². The summed E-state index contributed by atoms with van der Waals surface area (Å²) < 4.78 is 0. The lowest BCUT2D eigenvalue weighted by molar-refractivity contribution is 0.551. The fourth-order valence-electron chi connectivity index (χ4n) is 2.35. The molecular weight excluding hydrogens is 256 g/mol. The van der Waals surface area contributed by atoms with E-state index in [0.717, 1.165) is 24.7 Å². The zero-order valence-electron chi connectivity index (χ0n) is 12.8. The molecule has 0 heterocycles. The Kier molecular flexibility index (Phi) is 6.67. The van der Waals surface area contributed by atoms with E-state index in [-0.39, 0.29) is 0 Å². The van der Waals surface area contributed by atoms with E-state index in [9.17, 15) is 0 Å². The van der Waals surface area contributed by atoms with E-state index in [2.05, 4.69) is 44.0 Å². The molecule has 0 fully saturated rings. The second-order valence-corrected chi connectivity index (χ2v) is 6.37. The van der Waals surface area contributed by atoms with Crippen LogP contribution in [0.4, 0.5) is 5.69 Å². The molecule has 0 bridgehead atoms. The van der Waals surface area contributed by atoms with Crippen LogP contribution in [0.15, 0.2) is 18.2 Å². The van der Waals surface area contributed by atoms with Gasteiger partial charge in [-0.25, -0.2) is 0 Å². The Balaban J connectivity index is 3.09. The zero-order chi connectivity index (χ0) is 14.4. The van der Waals surface area contributed by atoms with Gasteiger partial charge in [-0.05, 0) is 31.0 Å². The van der Waals surface area contributed by atoms with Crippen molar-refractivity contribution in [2.24, 2.45) is 11.8 Å². The predicted molar refractivity (Wildman–Crippen MR) is 86.1 cm³/mol. The first-order chi connectivity index (χ1) is 8.95. The van der Waals surface area contributed by atoms with Crippen molar-refractivity contribution in [3.63, 3.8) is 0 Å². The lowest BCUT2D eigenvalue weighted by atomic mass is 10.1. The molecule has 0 aliphatic carbocycles. The first-order valence-electron chi connectivity index (χ1n) is 7.12. The number of nitrogens with one attached hydrogen (secondary N) is 1. The Bertz CT molecular complexity index is 378. The number of hydrogen-bond donors (Lipinski definition) is 1. The molecule has 0 aromatic heterocycles. The van der Waals surface area contributed by atoms with Crippen LogP contribution in [0, 0.1) is 11.8 Å². The summed E-state index contributed by atoms with van der Waals surface area (Å²) in [5.41, 5.74) is 2.47. The van der Waals surface area contributed by atoms with Gasteiger partial charge in [-0.1, -0.05) is 45.4 Å². The number of benzene rings is 1. The molecule has 0 aliphatic heterocycles. The minimum absolute atomic E-state index is 0.639. The quantitative estimate of drug-likeness (QED) is 0.807. The standard InChI is InChI=1S/C16H27ClN2/c1-12(2)10-19(11-13(3)4)16-8-6-7-15(17)14(16)9-18-5/h6-8,12-13,18H,9-11H2,1-5H3. The van der Waals surface area contributed by atoms with Crippen molar-refractivity contribution in [3.05, 3.63) is 28.8 Å². The highest BCUT2D eigenvalue weighted by atomic mass is 35.5. The van der Waals surface area contributed by atoms with E-state index in [4.69, 9.17) is 11.6 Å². The highest BCUT2D eigenvalue weighted by Crippen LogP contribution is 2.28. The average Bonchev–Trinajstić information content (AvgIpc) is 2.30. The van der Waals surface area contributed by atoms with E-state index in [1.54, 1.807) is 0 Å². The Morgan fingerprint density at radius 1 is 1.11 bits per heavy atom. The maximum atomic E-state index is 6.36. The highest BCUT2D eigenvalue weighted by Gasteiger charge is 2.15. The molecule has 0 atom stereocenters. The molecule has 1 N–H and O–H groups in total.